The van der Waals surface area contributed by atoms with E-state index in [0.717, 1.165) is 5.56 Å². The molecule has 5 nitrogen and oxygen atoms in total. The maximum atomic E-state index is 12.3. The van der Waals surface area contributed by atoms with Crippen LogP contribution in [0.25, 0.3) is 6.08 Å². The number of methoxy groups -OCH3 is 1. The number of hydrogen-bond acceptors (Lipinski definition) is 4. The smallest absolute Gasteiger partial charge is 0.340 e. The fourth-order valence-electron chi connectivity index (χ4n) is 2.28. The second kappa shape index (κ2) is 6.96. The highest BCUT2D eigenvalue weighted by Crippen LogP contribution is 2.30. The van der Waals surface area contributed by atoms with Gasteiger partial charge in [-0.3, -0.25) is 4.79 Å². The molecule has 0 aromatic heterocycles. The van der Waals surface area contributed by atoms with Gasteiger partial charge in [-0.15, -0.1) is 0 Å². The van der Waals surface area contributed by atoms with Crippen LogP contribution >= 0.6 is 0 Å². The van der Waals surface area contributed by atoms with Crippen molar-refractivity contribution in [2.45, 2.75) is 6.92 Å². The summed E-state index contributed by atoms with van der Waals surface area (Å²) in [7, 11) is 2.93. The van der Waals surface area contributed by atoms with Gasteiger partial charge >= 0.3 is 5.97 Å². The van der Waals surface area contributed by atoms with Crippen molar-refractivity contribution in [3.8, 4) is 5.75 Å². The van der Waals surface area contributed by atoms with E-state index in [0.29, 0.717) is 29.2 Å². The summed E-state index contributed by atoms with van der Waals surface area (Å²) in [5.74, 6) is -0.0332. The van der Waals surface area contributed by atoms with Crippen molar-refractivity contribution in [1.82, 2.24) is 4.90 Å². The molecule has 120 valence electrons. The highest BCUT2D eigenvalue weighted by Gasteiger charge is 2.34. The van der Waals surface area contributed by atoms with Crippen LogP contribution in [0.2, 0.25) is 0 Å². The largest absolute Gasteiger partial charge is 0.490 e. The number of carbonyl (C=O) groups excluding carboxylic acids is 2. The zero-order valence-corrected chi connectivity index (χ0v) is 13.5. The quantitative estimate of drug-likeness (QED) is 0.476. The van der Waals surface area contributed by atoms with Gasteiger partial charge in [-0.25, -0.2) is 4.79 Å². The lowest BCUT2D eigenvalue weighted by Crippen LogP contribution is -2.19. The number of nitrogens with zero attached hydrogens (tertiary/aromatic N) is 1. The molecule has 0 unspecified atom stereocenters. The van der Waals surface area contributed by atoms with E-state index >= 15 is 0 Å². The Bertz CT molecular complexity index is 698. The Kier molecular flexibility index (Phi) is 5.01. The first kappa shape index (κ1) is 16.5. The molecule has 0 spiro atoms. The molecule has 1 aliphatic rings. The summed E-state index contributed by atoms with van der Waals surface area (Å²) in [5, 5.41) is 0. The van der Waals surface area contributed by atoms with Gasteiger partial charge in [0.15, 0.2) is 0 Å². The average molecular weight is 313 g/mol. The van der Waals surface area contributed by atoms with Gasteiger partial charge in [-0.2, -0.15) is 0 Å². The molecule has 0 atom stereocenters. The number of ether oxygens (including phenoxy) is 2. The predicted octanol–water partition coefficient (Wildman–Crippen LogP) is 2.55. The number of esters is 1. The van der Waals surface area contributed by atoms with Crippen LogP contribution in [0, 0.1) is 0 Å². The van der Waals surface area contributed by atoms with Crippen molar-refractivity contribution in [2.75, 3.05) is 20.8 Å². The maximum absolute atomic E-state index is 12.3. The number of benzene rings is 1. The number of likely N-dealkylation sites (N-methyl/N-ethyl adjacent to an activating group) is 1. The Morgan fingerprint density at radius 3 is 2.52 bits per heavy atom. The van der Waals surface area contributed by atoms with Crippen LogP contribution in [0.3, 0.4) is 0 Å². The van der Waals surface area contributed by atoms with Crippen molar-refractivity contribution in [3.63, 3.8) is 0 Å². The maximum Gasteiger partial charge on any atom is 0.340 e. The summed E-state index contributed by atoms with van der Waals surface area (Å²) in [4.78, 5) is 25.7. The Hall–Kier alpha value is -2.82. The Morgan fingerprint density at radius 2 is 1.96 bits per heavy atom. The van der Waals surface area contributed by atoms with E-state index in [1.165, 1.54) is 12.0 Å². The molecule has 1 heterocycles. The fraction of sp³-hybridized carbons (Fsp3) is 0.222. The van der Waals surface area contributed by atoms with Gasteiger partial charge in [-0.05, 0) is 30.7 Å². The van der Waals surface area contributed by atoms with E-state index in [1.807, 2.05) is 12.1 Å². The normalized spacial score (nSPS) is 16.0. The number of rotatable bonds is 5. The summed E-state index contributed by atoms with van der Waals surface area (Å²) in [6, 6.07) is 7.24. The first-order chi connectivity index (χ1) is 11.0. The third-order valence-electron chi connectivity index (χ3n) is 3.62. The average Bonchev–Trinajstić information content (AvgIpc) is 2.78. The first-order valence-corrected chi connectivity index (χ1v) is 7.12. The molecule has 0 bridgehead atoms. The Labute approximate surface area is 135 Å². The van der Waals surface area contributed by atoms with E-state index in [1.54, 1.807) is 38.3 Å². The molecule has 1 aromatic rings. The van der Waals surface area contributed by atoms with Gasteiger partial charge in [0.1, 0.15) is 12.4 Å². The summed E-state index contributed by atoms with van der Waals surface area (Å²) in [6.45, 7) is 5.74. The molecule has 0 saturated carbocycles. The topological polar surface area (TPSA) is 55.8 Å². The van der Waals surface area contributed by atoms with E-state index < -0.39 is 5.97 Å². The van der Waals surface area contributed by atoms with Crippen molar-refractivity contribution >= 4 is 18.0 Å². The minimum atomic E-state index is -0.516. The summed E-state index contributed by atoms with van der Waals surface area (Å²) in [5.41, 5.74) is 2.01. The molecule has 5 heteroatoms. The number of hydrogen-bond donors (Lipinski definition) is 0. The van der Waals surface area contributed by atoms with Gasteiger partial charge in [0.05, 0.1) is 18.3 Å². The van der Waals surface area contributed by atoms with Gasteiger partial charge < -0.3 is 14.4 Å². The first-order valence-electron chi connectivity index (χ1n) is 7.12. The minimum absolute atomic E-state index is 0.227. The molecular weight excluding hydrogens is 294 g/mol. The predicted molar refractivity (Wildman–Crippen MR) is 87.6 cm³/mol. The SMILES string of the molecule is C=CCOc1ccc(/C=C2\C(=O)N(C)C(C)=C2C(=O)OC)cc1. The van der Waals surface area contributed by atoms with Crippen LogP contribution < -0.4 is 4.74 Å². The van der Waals surface area contributed by atoms with E-state index in [-0.39, 0.29) is 5.91 Å². The molecule has 1 amide bonds. The van der Waals surface area contributed by atoms with Crippen LogP contribution in [-0.4, -0.2) is 37.5 Å². The van der Waals surface area contributed by atoms with Crippen LogP contribution in [0.1, 0.15) is 12.5 Å². The summed E-state index contributed by atoms with van der Waals surface area (Å²) < 4.78 is 10.2. The number of allylic oxidation sites excluding steroid dienone is 1. The number of amides is 1. The third kappa shape index (κ3) is 3.34. The second-order valence-corrected chi connectivity index (χ2v) is 5.04. The monoisotopic (exact) mass is 313 g/mol. The Morgan fingerprint density at radius 1 is 1.30 bits per heavy atom. The van der Waals surface area contributed by atoms with E-state index in [9.17, 15) is 9.59 Å². The van der Waals surface area contributed by atoms with Crippen molar-refractivity contribution < 1.29 is 19.1 Å². The molecular formula is C18H19NO4. The molecule has 23 heavy (non-hydrogen) atoms. The Balaban J connectivity index is 2.34. The van der Waals surface area contributed by atoms with E-state index in [4.69, 9.17) is 9.47 Å². The van der Waals surface area contributed by atoms with Gasteiger partial charge in [0, 0.05) is 12.7 Å². The van der Waals surface area contributed by atoms with E-state index in [2.05, 4.69) is 6.58 Å². The standard InChI is InChI=1S/C18H19NO4/c1-5-10-23-14-8-6-13(7-9-14)11-15-16(18(21)22-4)12(2)19(3)17(15)20/h5-9,11H,1,10H2,2-4H3/b15-11-. The van der Waals surface area contributed by atoms with Gasteiger partial charge in [-0.1, -0.05) is 24.8 Å². The van der Waals surface area contributed by atoms with Crippen LogP contribution in [0.5, 0.6) is 5.75 Å². The molecule has 0 radical (unpaired) electrons. The van der Waals surface area contributed by atoms with Crippen LogP contribution in [0.15, 0.2) is 53.8 Å². The van der Waals surface area contributed by atoms with Gasteiger partial charge in [0.25, 0.3) is 5.91 Å². The lowest BCUT2D eigenvalue weighted by atomic mass is 10.0. The summed E-state index contributed by atoms with van der Waals surface area (Å²) in [6.07, 6.45) is 3.35. The van der Waals surface area contributed by atoms with Gasteiger partial charge in [0.2, 0.25) is 0 Å². The highest BCUT2D eigenvalue weighted by molar-refractivity contribution is 6.16. The molecule has 1 aromatic carbocycles. The molecule has 0 fully saturated rings. The highest BCUT2D eigenvalue weighted by atomic mass is 16.5. The molecule has 1 aliphatic heterocycles. The fourth-order valence-corrected chi connectivity index (χ4v) is 2.28. The lowest BCUT2D eigenvalue weighted by molar-refractivity contribution is -0.136. The molecule has 0 saturated heterocycles. The lowest BCUT2D eigenvalue weighted by Gasteiger charge is -2.08. The molecule has 0 aliphatic carbocycles. The van der Waals surface area contributed by atoms with Crippen LogP contribution in [-0.2, 0) is 14.3 Å². The van der Waals surface area contributed by atoms with Crippen LogP contribution in [0.4, 0.5) is 0 Å². The zero-order valence-electron chi connectivity index (χ0n) is 13.5. The third-order valence-corrected chi connectivity index (χ3v) is 3.62. The van der Waals surface area contributed by atoms with Crippen molar-refractivity contribution in [2.24, 2.45) is 0 Å². The second-order valence-electron chi connectivity index (χ2n) is 5.04. The number of carbonyl (C=O) groups is 2. The summed E-state index contributed by atoms with van der Waals surface area (Å²) >= 11 is 0. The van der Waals surface area contributed by atoms with Crippen molar-refractivity contribution in [1.29, 1.82) is 0 Å². The van der Waals surface area contributed by atoms with Crippen molar-refractivity contribution in [3.05, 3.63) is 59.3 Å². The zero-order chi connectivity index (χ0) is 17.0. The molecule has 2 rings (SSSR count). The molecule has 0 N–H and O–H groups in total. The minimum Gasteiger partial charge on any atom is -0.490 e.